The Morgan fingerprint density at radius 1 is 0.806 bits per heavy atom. The van der Waals surface area contributed by atoms with Gasteiger partial charge in [0, 0.05) is 23.0 Å². The SMILES string of the molecule is CCC(NC(=O)C1CCCC1C(=O)NC(CC)c1ccccc1O)c1ccccc1O. The van der Waals surface area contributed by atoms with Crippen molar-refractivity contribution in [1.29, 1.82) is 0 Å². The van der Waals surface area contributed by atoms with E-state index >= 15 is 0 Å². The molecule has 1 saturated carbocycles. The minimum atomic E-state index is -0.401. The average molecular weight is 425 g/mol. The fourth-order valence-electron chi connectivity index (χ4n) is 4.51. The summed E-state index contributed by atoms with van der Waals surface area (Å²) in [5.41, 5.74) is 1.37. The standard InChI is InChI=1S/C25H32N2O4/c1-3-20(18-10-5-7-14-22(18)28)26-24(30)16-12-9-13-17(16)25(31)27-21(4-2)19-11-6-8-15-23(19)29/h5-8,10-11,14-17,20-21,28-29H,3-4,9,12-13H2,1-2H3,(H,26,30)(H,27,31). The van der Waals surface area contributed by atoms with Gasteiger partial charge in [0.05, 0.1) is 12.1 Å². The van der Waals surface area contributed by atoms with Gasteiger partial charge in [0.25, 0.3) is 0 Å². The van der Waals surface area contributed by atoms with Crippen LogP contribution in [0.2, 0.25) is 0 Å². The van der Waals surface area contributed by atoms with Crippen LogP contribution in [0, 0.1) is 11.8 Å². The second kappa shape index (κ2) is 10.3. The lowest BCUT2D eigenvalue weighted by molar-refractivity contribution is -0.134. The van der Waals surface area contributed by atoms with E-state index in [1.165, 1.54) is 0 Å². The van der Waals surface area contributed by atoms with E-state index in [4.69, 9.17) is 0 Å². The fraction of sp³-hybridized carbons (Fsp3) is 0.440. The van der Waals surface area contributed by atoms with Crippen molar-refractivity contribution in [3.05, 3.63) is 59.7 Å². The van der Waals surface area contributed by atoms with Crippen LogP contribution in [0.5, 0.6) is 11.5 Å². The zero-order valence-electron chi connectivity index (χ0n) is 18.2. The quantitative estimate of drug-likeness (QED) is 0.506. The van der Waals surface area contributed by atoms with Crippen molar-refractivity contribution in [3.63, 3.8) is 0 Å². The first kappa shape index (κ1) is 22.7. The third-order valence-corrected chi connectivity index (χ3v) is 6.26. The third kappa shape index (κ3) is 5.19. The Kier molecular flexibility index (Phi) is 7.55. The van der Waals surface area contributed by atoms with E-state index in [0.29, 0.717) is 36.8 Å². The molecule has 166 valence electrons. The van der Waals surface area contributed by atoms with Gasteiger partial charge in [0.2, 0.25) is 11.8 Å². The van der Waals surface area contributed by atoms with Gasteiger partial charge in [-0.05, 0) is 37.8 Å². The molecule has 0 spiro atoms. The summed E-state index contributed by atoms with van der Waals surface area (Å²) in [4.78, 5) is 26.2. The van der Waals surface area contributed by atoms with Crippen LogP contribution in [0.1, 0.15) is 69.2 Å². The molecule has 1 fully saturated rings. The van der Waals surface area contributed by atoms with E-state index in [9.17, 15) is 19.8 Å². The van der Waals surface area contributed by atoms with Gasteiger partial charge in [-0.3, -0.25) is 9.59 Å². The molecule has 2 amide bonds. The van der Waals surface area contributed by atoms with Crippen LogP contribution in [-0.2, 0) is 9.59 Å². The molecule has 6 nitrogen and oxygen atoms in total. The van der Waals surface area contributed by atoms with Crippen LogP contribution in [0.3, 0.4) is 0 Å². The second-order valence-corrected chi connectivity index (χ2v) is 8.20. The molecule has 1 aliphatic carbocycles. The Labute approximate surface area is 183 Å². The molecule has 4 unspecified atom stereocenters. The predicted molar refractivity (Wildman–Crippen MR) is 119 cm³/mol. The summed E-state index contributed by atoms with van der Waals surface area (Å²) in [6.07, 6.45) is 3.41. The lowest BCUT2D eigenvalue weighted by Gasteiger charge is -2.25. The summed E-state index contributed by atoms with van der Waals surface area (Å²) in [5, 5.41) is 26.4. The van der Waals surface area contributed by atoms with Gasteiger partial charge in [0.15, 0.2) is 0 Å². The van der Waals surface area contributed by atoms with Crippen molar-refractivity contribution in [2.24, 2.45) is 11.8 Å². The minimum Gasteiger partial charge on any atom is -0.508 e. The molecule has 0 radical (unpaired) electrons. The third-order valence-electron chi connectivity index (χ3n) is 6.26. The molecular weight excluding hydrogens is 392 g/mol. The van der Waals surface area contributed by atoms with E-state index in [1.807, 2.05) is 26.0 Å². The first-order chi connectivity index (χ1) is 15.0. The first-order valence-corrected chi connectivity index (χ1v) is 11.1. The largest absolute Gasteiger partial charge is 0.508 e. The van der Waals surface area contributed by atoms with Gasteiger partial charge >= 0.3 is 0 Å². The van der Waals surface area contributed by atoms with E-state index in [0.717, 1.165) is 6.42 Å². The van der Waals surface area contributed by atoms with Crippen LogP contribution >= 0.6 is 0 Å². The molecule has 4 atom stereocenters. The van der Waals surface area contributed by atoms with Crippen molar-refractivity contribution in [2.45, 2.75) is 58.0 Å². The molecule has 2 aromatic carbocycles. The average Bonchev–Trinajstić information content (AvgIpc) is 3.27. The van der Waals surface area contributed by atoms with Crippen molar-refractivity contribution in [3.8, 4) is 11.5 Å². The highest BCUT2D eigenvalue weighted by Crippen LogP contribution is 2.35. The van der Waals surface area contributed by atoms with Gasteiger partial charge in [-0.15, -0.1) is 0 Å². The highest BCUT2D eigenvalue weighted by atomic mass is 16.3. The molecule has 0 saturated heterocycles. The van der Waals surface area contributed by atoms with Crippen LogP contribution in [-0.4, -0.2) is 22.0 Å². The summed E-state index contributed by atoms with van der Waals surface area (Å²) >= 11 is 0. The maximum Gasteiger partial charge on any atom is 0.224 e. The molecule has 1 aliphatic rings. The molecule has 6 heteroatoms. The zero-order valence-corrected chi connectivity index (χ0v) is 18.2. The summed E-state index contributed by atoms with van der Waals surface area (Å²) in [5.74, 6) is -0.789. The van der Waals surface area contributed by atoms with Crippen molar-refractivity contribution in [1.82, 2.24) is 10.6 Å². The number of rotatable bonds is 8. The van der Waals surface area contributed by atoms with Gasteiger partial charge in [-0.2, -0.15) is 0 Å². The topological polar surface area (TPSA) is 98.7 Å². The van der Waals surface area contributed by atoms with Crippen molar-refractivity contribution < 1.29 is 19.8 Å². The van der Waals surface area contributed by atoms with E-state index in [2.05, 4.69) is 10.6 Å². The maximum absolute atomic E-state index is 13.1. The molecule has 0 heterocycles. The number of carbonyl (C=O) groups excluding carboxylic acids is 2. The van der Waals surface area contributed by atoms with Crippen LogP contribution in [0.25, 0.3) is 0 Å². The Balaban J connectivity index is 1.69. The van der Waals surface area contributed by atoms with E-state index in [-0.39, 0.29) is 35.4 Å². The van der Waals surface area contributed by atoms with E-state index < -0.39 is 11.8 Å². The number of hydrogen-bond donors (Lipinski definition) is 4. The van der Waals surface area contributed by atoms with Gasteiger partial charge < -0.3 is 20.8 Å². The molecule has 2 aromatic rings. The Bertz CT molecular complexity index is 840. The van der Waals surface area contributed by atoms with Crippen LogP contribution < -0.4 is 10.6 Å². The smallest absolute Gasteiger partial charge is 0.224 e. The molecule has 31 heavy (non-hydrogen) atoms. The molecule has 0 aliphatic heterocycles. The number of phenols is 2. The number of phenolic OH excluding ortho intramolecular Hbond substituents is 2. The Morgan fingerprint density at radius 3 is 1.55 bits per heavy atom. The monoisotopic (exact) mass is 424 g/mol. The maximum atomic E-state index is 13.1. The number of hydrogen-bond acceptors (Lipinski definition) is 4. The normalized spacial score (nSPS) is 20.1. The fourth-order valence-corrected chi connectivity index (χ4v) is 4.51. The molecule has 4 N–H and O–H groups in total. The van der Waals surface area contributed by atoms with Gasteiger partial charge in [-0.1, -0.05) is 56.7 Å². The van der Waals surface area contributed by atoms with Crippen LogP contribution in [0.4, 0.5) is 0 Å². The highest BCUT2D eigenvalue weighted by molar-refractivity contribution is 5.88. The highest BCUT2D eigenvalue weighted by Gasteiger charge is 2.39. The molecule has 0 bridgehead atoms. The predicted octanol–water partition coefficient (Wildman–Crippen LogP) is 4.35. The van der Waals surface area contributed by atoms with Gasteiger partial charge in [0.1, 0.15) is 11.5 Å². The summed E-state index contributed by atoms with van der Waals surface area (Å²) < 4.78 is 0. The van der Waals surface area contributed by atoms with Crippen molar-refractivity contribution in [2.75, 3.05) is 0 Å². The summed E-state index contributed by atoms with van der Waals surface area (Å²) in [6, 6.07) is 13.4. The number of amides is 2. The number of para-hydroxylation sites is 2. The first-order valence-electron chi connectivity index (χ1n) is 11.1. The minimum absolute atomic E-state index is 0.150. The molecular formula is C25H32N2O4. The summed E-state index contributed by atoms with van der Waals surface area (Å²) in [6.45, 7) is 3.91. The Morgan fingerprint density at radius 2 is 1.19 bits per heavy atom. The van der Waals surface area contributed by atoms with E-state index in [1.54, 1.807) is 36.4 Å². The van der Waals surface area contributed by atoms with Crippen LogP contribution in [0.15, 0.2) is 48.5 Å². The molecule has 0 aromatic heterocycles. The lowest BCUT2D eigenvalue weighted by Crippen LogP contribution is -2.41. The number of nitrogens with one attached hydrogen (secondary N) is 2. The number of benzene rings is 2. The zero-order chi connectivity index (χ0) is 22.4. The number of carbonyl (C=O) groups is 2. The molecule has 3 rings (SSSR count). The second-order valence-electron chi connectivity index (χ2n) is 8.20. The van der Waals surface area contributed by atoms with Gasteiger partial charge in [-0.25, -0.2) is 0 Å². The lowest BCUT2D eigenvalue weighted by atomic mass is 9.92. The summed E-state index contributed by atoms with van der Waals surface area (Å²) in [7, 11) is 0. The number of aromatic hydroxyl groups is 2. The van der Waals surface area contributed by atoms with Crippen molar-refractivity contribution >= 4 is 11.8 Å². The Hall–Kier alpha value is -3.02.